The highest BCUT2D eigenvalue weighted by Gasteiger charge is 2.15. The number of ether oxygens (including phenoxy) is 1. The third-order valence-electron chi connectivity index (χ3n) is 3.18. The second-order valence-corrected chi connectivity index (χ2v) is 4.53. The highest BCUT2D eigenvalue weighted by molar-refractivity contribution is 5.55. The van der Waals surface area contributed by atoms with Gasteiger partial charge in [0, 0.05) is 38.2 Å². The monoisotopic (exact) mass is 220 g/mol. The first-order valence-corrected chi connectivity index (χ1v) is 5.90. The Bertz CT molecular complexity index is 334. The molecule has 3 nitrogen and oxygen atoms in total. The molecule has 0 atom stereocenters. The molecule has 1 heterocycles. The molecular formula is C13H20N2O. The SMILES string of the molecule is CN(CC1CCOCC1)c1cccc(N)c1. The van der Waals surface area contributed by atoms with Gasteiger partial charge in [0.2, 0.25) is 0 Å². The van der Waals surface area contributed by atoms with E-state index in [4.69, 9.17) is 10.5 Å². The first-order chi connectivity index (χ1) is 7.75. The maximum Gasteiger partial charge on any atom is 0.0469 e. The van der Waals surface area contributed by atoms with Crippen LogP contribution in [-0.4, -0.2) is 26.8 Å². The van der Waals surface area contributed by atoms with E-state index >= 15 is 0 Å². The van der Waals surface area contributed by atoms with Gasteiger partial charge < -0.3 is 15.4 Å². The summed E-state index contributed by atoms with van der Waals surface area (Å²) in [6, 6.07) is 8.06. The third kappa shape index (κ3) is 2.89. The van der Waals surface area contributed by atoms with E-state index in [-0.39, 0.29) is 0 Å². The highest BCUT2D eigenvalue weighted by Crippen LogP contribution is 2.21. The fourth-order valence-electron chi connectivity index (χ4n) is 2.18. The van der Waals surface area contributed by atoms with Crippen molar-refractivity contribution >= 4 is 11.4 Å². The van der Waals surface area contributed by atoms with Crippen molar-refractivity contribution in [1.82, 2.24) is 0 Å². The van der Waals surface area contributed by atoms with Crippen molar-refractivity contribution in [3.8, 4) is 0 Å². The molecule has 0 aromatic heterocycles. The molecule has 1 aromatic rings. The number of nitrogens with two attached hydrogens (primary N) is 1. The second kappa shape index (κ2) is 5.21. The molecule has 1 aliphatic heterocycles. The summed E-state index contributed by atoms with van der Waals surface area (Å²) in [6.07, 6.45) is 2.35. The average molecular weight is 220 g/mol. The standard InChI is InChI=1S/C13H20N2O/c1-15(10-11-5-7-16-8-6-11)13-4-2-3-12(14)9-13/h2-4,9,11H,5-8,10,14H2,1H3. The van der Waals surface area contributed by atoms with Crippen LogP contribution in [0.25, 0.3) is 0 Å². The molecule has 1 aliphatic rings. The van der Waals surface area contributed by atoms with Crippen molar-refractivity contribution < 1.29 is 4.74 Å². The lowest BCUT2D eigenvalue weighted by Crippen LogP contribution is -2.29. The van der Waals surface area contributed by atoms with Gasteiger partial charge in [-0.1, -0.05) is 6.07 Å². The number of nitrogen functional groups attached to an aromatic ring is 1. The third-order valence-corrected chi connectivity index (χ3v) is 3.18. The molecule has 16 heavy (non-hydrogen) atoms. The zero-order valence-electron chi connectivity index (χ0n) is 9.86. The Kier molecular flexibility index (Phi) is 3.67. The molecule has 1 aromatic carbocycles. The summed E-state index contributed by atoms with van der Waals surface area (Å²) in [6.45, 7) is 2.91. The lowest BCUT2D eigenvalue weighted by Gasteiger charge is -2.28. The Morgan fingerprint density at radius 1 is 1.38 bits per heavy atom. The van der Waals surface area contributed by atoms with Gasteiger partial charge in [0.05, 0.1) is 0 Å². The van der Waals surface area contributed by atoms with Gasteiger partial charge in [-0.15, -0.1) is 0 Å². The van der Waals surface area contributed by atoms with Crippen LogP contribution in [0.3, 0.4) is 0 Å². The maximum absolute atomic E-state index is 5.78. The first-order valence-electron chi connectivity index (χ1n) is 5.90. The van der Waals surface area contributed by atoms with Crippen molar-refractivity contribution in [3.05, 3.63) is 24.3 Å². The fourth-order valence-corrected chi connectivity index (χ4v) is 2.18. The predicted octanol–water partition coefficient (Wildman–Crippen LogP) is 2.13. The number of anilines is 2. The molecule has 1 fully saturated rings. The first kappa shape index (κ1) is 11.3. The molecule has 0 unspecified atom stereocenters. The van der Waals surface area contributed by atoms with E-state index in [9.17, 15) is 0 Å². The minimum atomic E-state index is 0.750. The zero-order valence-corrected chi connectivity index (χ0v) is 9.86. The number of hydrogen-bond donors (Lipinski definition) is 1. The van der Waals surface area contributed by atoms with Gasteiger partial charge in [-0.2, -0.15) is 0 Å². The zero-order chi connectivity index (χ0) is 11.4. The molecule has 0 amide bonds. The van der Waals surface area contributed by atoms with Gasteiger partial charge >= 0.3 is 0 Å². The minimum Gasteiger partial charge on any atom is -0.399 e. The Balaban J connectivity index is 1.94. The van der Waals surface area contributed by atoms with Crippen molar-refractivity contribution in [1.29, 1.82) is 0 Å². The van der Waals surface area contributed by atoms with Crippen molar-refractivity contribution in [2.45, 2.75) is 12.8 Å². The highest BCUT2D eigenvalue weighted by atomic mass is 16.5. The van der Waals surface area contributed by atoms with Gasteiger partial charge in [0.1, 0.15) is 0 Å². The summed E-state index contributed by atoms with van der Waals surface area (Å²) in [5.41, 5.74) is 7.81. The molecule has 0 radical (unpaired) electrons. The Morgan fingerprint density at radius 2 is 2.12 bits per heavy atom. The molecule has 0 aliphatic carbocycles. The molecule has 0 saturated carbocycles. The Hall–Kier alpha value is -1.22. The van der Waals surface area contributed by atoms with Crippen LogP contribution in [0.2, 0.25) is 0 Å². The molecule has 88 valence electrons. The maximum atomic E-state index is 5.78. The van der Waals surface area contributed by atoms with E-state index in [1.54, 1.807) is 0 Å². The fraction of sp³-hybridized carbons (Fsp3) is 0.538. The summed E-state index contributed by atoms with van der Waals surface area (Å²) in [5, 5.41) is 0. The molecule has 0 bridgehead atoms. The van der Waals surface area contributed by atoms with Crippen LogP contribution in [0.1, 0.15) is 12.8 Å². The van der Waals surface area contributed by atoms with Crippen molar-refractivity contribution in [3.63, 3.8) is 0 Å². The lowest BCUT2D eigenvalue weighted by molar-refractivity contribution is 0.0685. The normalized spacial score (nSPS) is 17.3. The smallest absolute Gasteiger partial charge is 0.0469 e. The van der Waals surface area contributed by atoms with Crippen LogP contribution < -0.4 is 10.6 Å². The summed E-state index contributed by atoms with van der Waals surface area (Å²) in [5.74, 6) is 0.750. The quantitative estimate of drug-likeness (QED) is 0.793. The van der Waals surface area contributed by atoms with Crippen LogP contribution in [0.15, 0.2) is 24.3 Å². The van der Waals surface area contributed by atoms with Gasteiger partial charge in [0.25, 0.3) is 0 Å². The number of benzene rings is 1. The van der Waals surface area contributed by atoms with E-state index in [0.29, 0.717) is 0 Å². The molecule has 0 spiro atoms. The summed E-state index contributed by atoms with van der Waals surface area (Å²) in [7, 11) is 2.13. The largest absolute Gasteiger partial charge is 0.399 e. The van der Waals surface area contributed by atoms with Gasteiger partial charge in [-0.3, -0.25) is 0 Å². The number of hydrogen-bond acceptors (Lipinski definition) is 3. The molecule has 2 rings (SSSR count). The second-order valence-electron chi connectivity index (χ2n) is 4.53. The minimum absolute atomic E-state index is 0.750. The van der Waals surface area contributed by atoms with Gasteiger partial charge in [-0.25, -0.2) is 0 Å². The topological polar surface area (TPSA) is 38.5 Å². The lowest BCUT2D eigenvalue weighted by atomic mass is 10.00. The van der Waals surface area contributed by atoms with Crippen LogP contribution in [0.4, 0.5) is 11.4 Å². The van der Waals surface area contributed by atoms with Gasteiger partial charge in [0.15, 0.2) is 0 Å². The number of rotatable bonds is 3. The molecule has 2 N–H and O–H groups in total. The van der Waals surface area contributed by atoms with E-state index < -0.39 is 0 Å². The summed E-state index contributed by atoms with van der Waals surface area (Å²) < 4.78 is 5.37. The van der Waals surface area contributed by atoms with Crippen LogP contribution in [-0.2, 0) is 4.74 Å². The predicted molar refractivity (Wildman–Crippen MR) is 67.7 cm³/mol. The van der Waals surface area contributed by atoms with E-state index in [1.807, 2.05) is 18.2 Å². The Morgan fingerprint density at radius 3 is 2.81 bits per heavy atom. The van der Waals surface area contributed by atoms with Gasteiger partial charge in [-0.05, 0) is 37.0 Å². The van der Waals surface area contributed by atoms with Crippen LogP contribution >= 0.6 is 0 Å². The molecular weight excluding hydrogens is 200 g/mol. The Labute approximate surface area is 97.2 Å². The van der Waals surface area contributed by atoms with Crippen molar-refractivity contribution in [2.75, 3.05) is 37.4 Å². The number of nitrogens with zero attached hydrogens (tertiary/aromatic N) is 1. The molecule has 1 saturated heterocycles. The van der Waals surface area contributed by atoms with E-state index in [0.717, 1.165) is 31.4 Å². The average Bonchev–Trinajstić information content (AvgIpc) is 2.30. The van der Waals surface area contributed by atoms with Crippen molar-refractivity contribution in [2.24, 2.45) is 5.92 Å². The van der Waals surface area contributed by atoms with Crippen LogP contribution in [0, 0.1) is 5.92 Å². The van der Waals surface area contributed by atoms with Crippen LogP contribution in [0.5, 0.6) is 0 Å². The summed E-state index contributed by atoms with van der Waals surface area (Å²) in [4.78, 5) is 2.28. The van der Waals surface area contributed by atoms with E-state index in [1.165, 1.54) is 18.5 Å². The van der Waals surface area contributed by atoms with E-state index in [2.05, 4.69) is 18.0 Å². The molecule has 3 heteroatoms. The summed E-state index contributed by atoms with van der Waals surface area (Å²) >= 11 is 0.